The molecule has 14 heteroatoms. The molecule has 0 saturated carbocycles. The molecule has 14 nitrogen and oxygen atoms in total. The van der Waals surface area contributed by atoms with Crippen LogP contribution in [0.25, 0.3) is 5.57 Å². The van der Waals surface area contributed by atoms with Crippen molar-refractivity contribution in [3.8, 4) is 28.7 Å². The summed E-state index contributed by atoms with van der Waals surface area (Å²) >= 11 is 0. The van der Waals surface area contributed by atoms with E-state index in [-0.39, 0.29) is 18.3 Å². The number of carbonyl (C=O) groups is 2. The number of carboxylic acid groups (broad SMARTS) is 1. The molecule has 0 amide bonds. The van der Waals surface area contributed by atoms with Crippen molar-refractivity contribution in [2.24, 2.45) is 4.99 Å². The normalized spacial score (nSPS) is 26.4. The van der Waals surface area contributed by atoms with E-state index in [1.54, 1.807) is 26.4 Å². The largest absolute Gasteiger partial charge is 0.493 e. The molecule has 7 unspecified atom stereocenters. The number of para-hydroxylation sites is 1. The quantitative estimate of drug-likeness (QED) is 0.181. The molecule has 4 N–H and O–H groups in total. The molecule has 0 spiro atoms. The lowest BCUT2D eigenvalue weighted by Gasteiger charge is -2.40. The molecule has 7 rings (SSSR count). The number of aliphatic carboxylic acids is 1. The molecular weight excluding hydrogens is 630 g/mol. The number of nitrogens with zero attached hydrogens (tertiary/aromatic N) is 1. The highest BCUT2D eigenvalue weighted by Gasteiger charge is 2.47. The summed E-state index contributed by atoms with van der Waals surface area (Å²) in [5.74, 6) is -0.362. The SMILES string of the molecule is COc1ccc2c(c1OC)OC1c3c(cc(OC4OC(COC(=O)CC(=O)O)C(O)C(O)C4O)cc3C3=c4ccccc4=NC3)OCC21. The first kappa shape index (κ1) is 31.7. The second-order valence-electron chi connectivity index (χ2n) is 11.8. The zero-order valence-corrected chi connectivity index (χ0v) is 25.9. The van der Waals surface area contributed by atoms with Crippen LogP contribution in [0.4, 0.5) is 0 Å². The molecule has 4 aliphatic heterocycles. The number of benzene rings is 3. The van der Waals surface area contributed by atoms with Gasteiger partial charge in [-0.3, -0.25) is 14.6 Å². The molecule has 3 aromatic rings. The molecule has 252 valence electrons. The van der Waals surface area contributed by atoms with E-state index < -0.39 is 61.8 Å². The van der Waals surface area contributed by atoms with Crippen molar-refractivity contribution < 1.29 is 63.2 Å². The van der Waals surface area contributed by atoms with Crippen LogP contribution in [0.3, 0.4) is 0 Å². The summed E-state index contributed by atoms with van der Waals surface area (Å²) in [5.41, 5.74) is 3.30. The van der Waals surface area contributed by atoms with Crippen LogP contribution in [-0.2, 0) is 19.1 Å². The average Bonchev–Trinajstić information content (AvgIpc) is 3.68. The van der Waals surface area contributed by atoms with E-state index in [9.17, 15) is 24.9 Å². The number of fused-ring (bicyclic) bond motifs is 6. The molecule has 0 bridgehead atoms. The van der Waals surface area contributed by atoms with Crippen LogP contribution < -0.4 is 34.3 Å². The van der Waals surface area contributed by atoms with Gasteiger partial charge in [0.15, 0.2) is 11.5 Å². The van der Waals surface area contributed by atoms with Crippen molar-refractivity contribution in [1.82, 2.24) is 0 Å². The lowest BCUT2D eigenvalue weighted by Crippen LogP contribution is -2.60. The Labute approximate surface area is 273 Å². The van der Waals surface area contributed by atoms with Crippen LogP contribution in [-0.4, -0.2) is 97.0 Å². The summed E-state index contributed by atoms with van der Waals surface area (Å²) in [4.78, 5) is 27.3. The fraction of sp³-hybridized carbons (Fsp3) is 0.382. The summed E-state index contributed by atoms with van der Waals surface area (Å²) in [6.07, 6.45) is -9.27. The maximum absolute atomic E-state index is 11.8. The minimum absolute atomic E-state index is 0.170. The first-order valence-corrected chi connectivity index (χ1v) is 15.3. The van der Waals surface area contributed by atoms with E-state index in [4.69, 9.17) is 43.3 Å². The van der Waals surface area contributed by atoms with Crippen LogP contribution in [0.1, 0.15) is 35.1 Å². The number of esters is 1. The van der Waals surface area contributed by atoms with Gasteiger partial charge >= 0.3 is 11.9 Å². The summed E-state index contributed by atoms with van der Waals surface area (Å²) in [6, 6.07) is 14.9. The van der Waals surface area contributed by atoms with E-state index >= 15 is 0 Å². The van der Waals surface area contributed by atoms with Crippen LogP contribution in [0.2, 0.25) is 0 Å². The summed E-state index contributed by atoms with van der Waals surface area (Å²) in [7, 11) is 3.11. The number of rotatable bonds is 9. The van der Waals surface area contributed by atoms with Gasteiger partial charge in [0.05, 0.1) is 38.6 Å². The maximum atomic E-state index is 11.8. The second kappa shape index (κ2) is 12.6. The molecule has 1 fully saturated rings. The van der Waals surface area contributed by atoms with Gasteiger partial charge < -0.3 is 53.6 Å². The fourth-order valence-corrected chi connectivity index (χ4v) is 6.63. The maximum Gasteiger partial charge on any atom is 0.317 e. The number of carbonyl (C=O) groups excluding carboxylic acids is 1. The van der Waals surface area contributed by atoms with Gasteiger partial charge in [0.1, 0.15) is 55.0 Å². The Morgan fingerprint density at radius 2 is 1.81 bits per heavy atom. The van der Waals surface area contributed by atoms with Gasteiger partial charge in [-0.25, -0.2) is 0 Å². The molecule has 3 aromatic carbocycles. The van der Waals surface area contributed by atoms with Crippen molar-refractivity contribution in [3.05, 3.63) is 75.8 Å². The molecule has 0 aliphatic carbocycles. The van der Waals surface area contributed by atoms with Crippen LogP contribution >= 0.6 is 0 Å². The van der Waals surface area contributed by atoms with Gasteiger partial charge in [-0.2, -0.15) is 0 Å². The van der Waals surface area contributed by atoms with Crippen molar-refractivity contribution in [2.45, 2.75) is 49.1 Å². The smallest absolute Gasteiger partial charge is 0.317 e. The van der Waals surface area contributed by atoms with E-state index in [1.165, 1.54) is 0 Å². The number of aliphatic hydroxyl groups is 3. The van der Waals surface area contributed by atoms with Crippen LogP contribution in [0.15, 0.2) is 53.5 Å². The van der Waals surface area contributed by atoms with Gasteiger partial charge in [0.2, 0.25) is 12.0 Å². The lowest BCUT2D eigenvalue weighted by atomic mass is 9.84. The van der Waals surface area contributed by atoms with E-state index in [2.05, 4.69) is 0 Å². The standard InChI is InChI=1S/C34H33NO13/c1-42-22-8-7-17-20-13-44-23-10-15(46-34-30(41)29(40)28(39)24(47-34)14-45-26(38)11-25(36)37)9-18(19-12-35-21-6-4-3-5-16(19)21)27(23)31(20)48-32(17)33(22)43-2/h3-10,20,24,28-31,34,39-41H,11-14H2,1-2H3,(H,36,37). The third-order valence-corrected chi connectivity index (χ3v) is 8.95. The molecule has 48 heavy (non-hydrogen) atoms. The van der Waals surface area contributed by atoms with Crippen molar-refractivity contribution in [2.75, 3.05) is 34.0 Å². The number of hydrogen-bond donors (Lipinski definition) is 4. The van der Waals surface area contributed by atoms with Crippen LogP contribution in [0, 0.1) is 0 Å². The number of carboxylic acids is 1. The van der Waals surface area contributed by atoms with Crippen molar-refractivity contribution in [3.63, 3.8) is 0 Å². The molecule has 4 aliphatic rings. The third-order valence-electron chi connectivity index (χ3n) is 8.95. The Kier molecular flexibility index (Phi) is 8.33. The lowest BCUT2D eigenvalue weighted by molar-refractivity contribution is -0.278. The monoisotopic (exact) mass is 663 g/mol. The predicted molar refractivity (Wildman–Crippen MR) is 163 cm³/mol. The van der Waals surface area contributed by atoms with Gasteiger partial charge in [-0.15, -0.1) is 0 Å². The zero-order valence-electron chi connectivity index (χ0n) is 25.9. The second-order valence-corrected chi connectivity index (χ2v) is 11.8. The molecule has 0 radical (unpaired) electrons. The summed E-state index contributed by atoms with van der Waals surface area (Å²) in [6.45, 7) is 0.0610. The fourth-order valence-electron chi connectivity index (χ4n) is 6.63. The van der Waals surface area contributed by atoms with E-state index in [1.807, 2.05) is 36.4 Å². The minimum Gasteiger partial charge on any atom is -0.493 e. The molecule has 1 saturated heterocycles. The first-order chi connectivity index (χ1) is 23.2. The number of hydrogen-bond acceptors (Lipinski definition) is 13. The van der Waals surface area contributed by atoms with Gasteiger partial charge in [-0.05, 0) is 29.3 Å². The highest BCUT2D eigenvalue weighted by atomic mass is 16.7. The zero-order chi connectivity index (χ0) is 33.7. The van der Waals surface area contributed by atoms with Crippen LogP contribution in [0.5, 0.6) is 28.7 Å². The molecular formula is C34H33NO13. The Hall–Kier alpha value is -4.89. The Balaban J connectivity index is 1.26. The van der Waals surface area contributed by atoms with Gasteiger partial charge in [0.25, 0.3) is 0 Å². The van der Waals surface area contributed by atoms with Crippen molar-refractivity contribution >= 4 is 17.5 Å². The van der Waals surface area contributed by atoms with E-state index in [0.717, 1.165) is 32.8 Å². The predicted octanol–water partition coefficient (Wildman–Crippen LogP) is 0.350. The van der Waals surface area contributed by atoms with Crippen molar-refractivity contribution in [1.29, 1.82) is 0 Å². The van der Waals surface area contributed by atoms with Gasteiger partial charge in [-0.1, -0.05) is 24.3 Å². The summed E-state index contributed by atoms with van der Waals surface area (Å²) < 4.78 is 40.9. The minimum atomic E-state index is -1.73. The molecule has 7 atom stereocenters. The Morgan fingerprint density at radius 1 is 1.00 bits per heavy atom. The first-order valence-electron chi connectivity index (χ1n) is 15.3. The summed E-state index contributed by atoms with van der Waals surface area (Å²) in [5, 5.41) is 42.5. The average molecular weight is 664 g/mol. The third kappa shape index (κ3) is 5.46. The highest BCUT2D eigenvalue weighted by Crippen LogP contribution is 2.57. The highest BCUT2D eigenvalue weighted by molar-refractivity contribution is 5.90. The molecule has 0 aromatic heterocycles. The molecule has 4 heterocycles. The van der Waals surface area contributed by atoms with E-state index in [0.29, 0.717) is 29.5 Å². The van der Waals surface area contributed by atoms with Gasteiger partial charge in [0, 0.05) is 22.4 Å². The Morgan fingerprint density at radius 3 is 2.58 bits per heavy atom. The topological polar surface area (TPSA) is 192 Å². The number of methoxy groups -OCH3 is 2. The number of aliphatic hydroxyl groups excluding tert-OH is 3. The Bertz CT molecular complexity index is 1890. The number of ether oxygens (including phenoxy) is 7.